The Morgan fingerprint density at radius 3 is 3.15 bits per heavy atom. The number of carbonyl (C=O) groups excluding carboxylic acids is 1. The van der Waals surface area contributed by atoms with E-state index >= 15 is 0 Å². The minimum Gasteiger partial charge on any atom is -0.481 e. The van der Waals surface area contributed by atoms with Gasteiger partial charge >= 0.3 is 5.97 Å². The summed E-state index contributed by atoms with van der Waals surface area (Å²) in [5, 5.41) is 12.6. The maximum Gasteiger partial charge on any atom is 0.305 e. The Labute approximate surface area is 120 Å². The Bertz CT molecular complexity index is 490. The van der Waals surface area contributed by atoms with E-state index in [1.165, 1.54) is 13.2 Å². The standard InChI is InChI=1S/C12H16N2O5S/c1-18-6-9-5-10(13-19-9)12(17)14-2-3-20-7-8(14)4-11(15)16/h5,8H,2-4,6-7H2,1H3,(H,15,16). The lowest BCUT2D eigenvalue weighted by Crippen LogP contribution is -2.47. The van der Waals surface area contributed by atoms with E-state index in [9.17, 15) is 9.59 Å². The van der Waals surface area contributed by atoms with Crippen molar-refractivity contribution in [3.05, 3.63) is 17.5 Å². The quantitative estimate of drug-likeness (QED) is 0.861. The molecule has 0 saturated carbocycles. The second-order valence-corrected chi connectivity index (χ2v) is 5.59. The van der Waals surface area contributed by atoms with Gasteiger partial charge in [-0.1, -0.05) is 5.16 Å². The molecule has 2 heterocycles. The summed E-state index contributed by atoms with van der Waals surface area (Å²) in [6.45, 7) is 0.766. The third-order valence-electron chi connectivity index (χ3n) is 2.96. The van der Waals surface area contributed by atoms with Crippen LogP contribution in [-0.2, 0) is 16.1 Å². The molecule has 7 nitrogen and oxygen atoms in total. The number of hydrogen-bond acceptors (Lipinski definition) is 6. The summed E-state index contributed by atoms with van der Waals surface area (Å²) in [6.07, 6.45) is -0.0540. The summed E-state index contributed by atoms with van der Waals surface area (Å²) in [5.41, 5.74) is 0.194. The summed E-state index contributed by atoms with van der Waals surface area (Å²) < 4.78 is 9.89. The molecule has 0 radical (unpaired) electrons. The van der Waals surface area contributed by atoms with Gasteiger partial charge in [-0.15, -0.1) is 0 Å². The van der Waals surface area contributed by atoms with Crippen LogP contribution in [0.5, 0.6) is 0 Å². The number of hydrogen-bond donors (Lipinski definition) is 1. The molecule has 1 saturated heterocycles. The van der Waals surface area contributed by atoms with E-state index in [2.05, 4.69) is 5.16 Å². The van der Waals surface area contributed by atoms with Gasteiger partial charge in [-0.05, 0) is 0 Å². The van der Waals surface area contributed by atoms with Crippen molar-refractivity contribution in [3.63, 3.8) is 0 Å². The number of carbonyl (C=O) groups is 2. The first-order valence-corrected chi connectivity index (χ1v) is 7.32. The average molecular weight is 300 g/mol. The molecule has 1 aromatic rings. The lowest BCUT2D eigenvalue weighted by Gasteiger charge is -2.33. The van der Waals surface area contributed by atoms with Gasteiger partial charge in [0, 0.05) is 31.2 Å². The van der Waals surface area contributed by atoms with Gasteiger partial charge in [0.15, 0.2) is 11.5 Å². The van der Waals surface area contributed by atoms with Crippen molar-refractivity contribution in [1.82, 2.24) is 10.1 Å². The van der Waals surface area contributed by atoms with Gasteiger partial charge in [0.2, 0.25) is 0 Å². The van der Waals surface area contributed by atoms with Crippen molar-refractivity contribution in [2.24, 2.45) is 0 Å². The van der Waals surface area contributed by atoms with E-state index in [0.717, 1.165) is 5.75 Å². The topological polar surface area (TPSA) is 92.9 Å². The monoisotopic (exact) mass is 300 g/mol. The first kappa shape index (κ1) is 14.9. The van der Waals surface area contributed by atoms with Gasteiger partial charge < -0.3 is 19.3 Å². The molecule has 0 aromatic carbocycles. The molecule has 1 aromatic heterocycles. The van der Waals surface area contributed by atoms with Gasteiger partial charge in [-0.2, -0.15) is 11.8 Å². The molecule has 0 spiro atoms. The molecule has 1 atom stereocenters. The molecular formula is C12H16N2O5S. The second kappa shape index (κ2) is 6.76. The minimum absolute atomic E-state index is 0.0540. The van der Waals surface area contributed by atoms with Crippen molar-refractivity contribution < 1.29 is 24.0 Å². The third-order valence-corrected chi connectivity index (χ3v) is 4.06. The Balaban J connectivity index is 2.09. The third kappa shape index (κ3) is 3.51. The molecular weight excluding hydrogens is 284 g/mol. The maximum atomic E-state index is 12.4. The van der Waals surface area contributed by atoms with Gasteiger partial charge in [-0.3, -0.25) is 9.59 Å². The van der Waals surface area contributed by atoms with Crippen molar-refractivity contribution in [2.75, 3.05) is 25.2 Å². The van der Waals surface area contributed by atoms with E-state index in [4.69, 9.17) is 14.4 Å². The van der Waals surface area contributed by atoms with Crippen LogP contribution in [0.3, 0.4) is 0 Å². The first-order chi connectivity index (χ1) is 9.61. The summed E-state index contributed by atoms with van der Waals surface area (Å²) in [5.74, 6) is 0.695. The second-order valence-electron chi connectivity index (χ2n) is 4.44. The first-order valence-electron chi connectivity index (χ1n) is 6.17. The molecule has 110 valence electrons. The molecule has 1 N–H and O–H groups in total. The number of rotatable bonds is 5. The smallest absolute Gasteiger partial charge is 0.305 e. The molecule has 0 aliphatic carbocycles. The van der Waals surface area contributed by atoms with Crippen LogP contribution in [-0.4, -0.2) is 58.2 Å². The number of thioether (sulfide) groups is 1. The van der Waals surface area contributed by atoms with Gasteiger partial charge in [0.1, 0.15) is 6.61 Å². The van der Waals surface area contributed by atoms with Gasteiger partial charge in [0.25, 0.3) is 5.91 Å². The molecule has 20 heavy (non-hydrogen) atoms. The van der Waals surface area contributed by atoms with Crippen molar-refractivity contribution >= 4 is 23.6 Å². The van der Waals surface area contributed by atoms with E-state index < -0.39 is 5.97 Å². The molecule has 2 rings (SSSR count). The predicted molar refractivity (Wildman–Crippen MR) is 71.6 cm³/mol. The number of aliphatic carboxylic acids is 1. The van der Waals surface area contributed by atoms with Crippen LogP contribution in [0.25, 0.3) is 0 Å². The Morgan fingerprint density at radius 1 is 1.65 bits per heavy atom. The Morgan fingerprint density at radius 2 is 2.45 bits per heavy atom. The van der Waals surface area contributed by atoms with Gasteiger partial charge in [0.05, 0.1) is 12.5 Å². The van der Waals surface area contributed by atoms with Crippen LogP contribution in [0.1, 0.15) is 22.7 Å². The summed E-state index contributed by atoms with van der Waals surface area (Å²) >= 11 is 1.65. The number of carboxylic acid groups (broad SMARTS) is 1. The largest absolute Gasteiger partial charge is 0.481 e. The number of nitrogens with zero attached hydrogens (tertiary/aromatic N) is 2. The number of methoxy groups -OCH3 is 1. The summed E-state index contributed by atoms with van der Waals surface area (Å²) in [4.78, 5) is 24.8. The number of carboxylic acids is 1. The van der Waals surface area contributed by atoms with E-state index in [1.807, 2.05) is 0 Å². The zero-order valence-corrected chi connectivity index (χ0v) is 11.9. The van der Waals surface area contributed by atoms with Crippen LogP contribution in [0.2, 0.25) is 0 Å². The van der Waals surface area contributed by atoms with E-state index in [0.29, 0.717) is 18.1 Å². The highest BCUT2D eigenvalue weighted by Gasteiger charge is 2.31. The fraction of sp³-hybridized carbons (Fsp3) is 0.583. The molecule has 8 heteroatoms. The highest BCUT2D eigenvalue weighted by molar-refractivity contribution is 7.99. The number of aromatic nitrogens is 1. The van der Waals surface area contributed by atoms with Crippen LogP contribution in [0, 0.1) is 0 Å². The van der Waals surface area contributed by atoms with Crippen molar-refractivity contribution in [1.29, 1.82) is 0 Å². The lowest BCUT2D eigenvalue weighted by molar-refractivity contribution is -0.138. The zero-order valence-electron chi connectivity index (χ0n) is 11.1. The number of amides is 1. The maximum absolute atomic E-state index is 12.4. The van der Waals surface area contributed by atoms with Crippen LogP contribution >= 0.6 is 11.8 Å². The lowest BCUT2D eigenvalue weighted by atomic mass is 10.1. The van der Waals surface area contributed by atoms with E-state index in [1.54, 1.807) is 16.7 Å². The molecule has 1 aliphatic heterocycles. The van der Waals surface area contributed by atoms with Crippen molar-refractivity contribution in [3.8, 4) is 0 Å². The highest BCUT2D eigenvalue weighted by Crippen LogP contribution is 2.21. The van der Waals surface area contributed by atoms with E-state index in [-0.39, 0.29) is 30.7 Å². The summed E-state index contributed by atoms with van der Waals surface area (Å²) in [7, 11) is 1.52. The molecule has 1 aliphatic rings. The zero-order chi connectivity index (χ0) is 14.5. The predicted octanol–water partition coefficient (Wildman–Crippen LogP) is 0.853. The normalized spacial score (nSPS) is 19.1. The molecule has 1 unspecified atom stereocenters. The fourth-order valence-electron chi connectivity index (χ4n) is 2.06. The van der Waals surface area contributed by atoms with Crippen molar-refractivity contribution in [2.45, 2.75) is 19.1 Å². The van der Waals surface area contributed by atoms with Gasteiger partial charge in [-0.25, -0.2) is 0 Å². The Kier molecular flexibility index (Phi) is 5.02. The average Bonchev–Trinajstić information content (AvgIpc) is 2.87. The summed E-state index contributed by atoms with van der Waals surface area (Å²) in [6, 6.07) is 1.23. The fourth-order valence-corrected chi connectivity index (χ4v) is 3.13. The molecule has 1 fully saturated rings. The van der Waals surface area contributed by atoms with Crippen LogP contribution < -0.4 is 0 Å². The highest BCUT2D eigenvalue weighted by atomic mass is 32.2. The minimum atomic E-state index is -0.907. The SMILES string of the molecule is COCc1cc(C(=O)N2CCSCC2CC(=O)O)no1. The van der Waals surface area contributed by atoms with Crippen LogP contribution in [0.15, 0.2) is 10.6 Å². The number of ether oxygens (including phenoxy) is 1. The molecule has 1 amide bonds. The molecule has 0 bridgehead atoms. The Hall–Kier alpha value is -1.54. The van der Waals surface area contributed by atoms with Crippen LogP contribution in [0.4, 0.5) is 0 Å².